The van der Waals surface area contributed by atoms with Crippen LogP contribution in [0.25, 0.3) is 0 Å². The second kappa shape index (κ2) is 9.43. The van der Waals surface area contributed by atoms with Crippen LogP contribution < -0.4 is 5.32 Å². The smallest absolute Gasteiger partial charge is 0.319 e. The predicted molar refractivity (Wildman–Crippen MR) is 101 cm³/mol. The van der Waals surface area contributed by atoms with Crippen LogP contribution in [0.4, 0.5) is 10.1 Å². The Morgan fingerprint density at radius 1 is 1.32 bits per heavy atom. The van der Waals surface area contributed by atoms with Gasteiger partial charge in [-0.2, -0.15) is 0 Å². The highest BCUT2D eigenvalue weighted by atomic mass is 35.5. The molecule has 0 heterocycles. The van der Waals surface area contributed by atoms with Crippen LogP contribution in [0.2, 0.25) is 5.02 Å². The number of anilines is 1. The van der Waals surface area contributed by atoms with Crippen molar-refractivity contribution in [1.82, 2.24) is 0 Å². The number of rotatable bonds is 7. The van der Waals surface area contributed by atoms with Crippen molar-refractivity contribution in [2.45, 2.75) is 57.6 Å². The molecule has 140 valence electrons. The summed E-state index contributed by atoms with van der Waals surface area (Å²) >= 11 is 7.32. The van der Waals surface area contributed by atoms with Crippen molar-refractivity contribution in [2.24, 2.45) is 5.41 Å². The molecule has 1 aromatic rings. The van der Waals surface area contributed by atoms with Crippen LogP contribution in [-0.4, -0.2) is 23.7 Å². The third kappa shape index (κ3) is 6.51. The van der Waals surface area contributed by atoms with Gasteiger partial charge in [-0.1, -0.05) is 46.2 Å². The van der Waals surface area contributed by atoms with E-state index in [1.54, 1.807) is 20.8 Å². The Morgan fingerprint density at radius 2 is 1.96 bits per heavy atom. The molecule has 0 radical (unpaired) electrons. The molecule has 0 aliphatic heterocycles. The fourth-order valence-corrected chi connectivity index (χ4v) is 3.05. The minimum Gasteiger partial charge on any atom is -0.465 e. The van der Waals surface area contributed by atoms with Crippen LogP contribution in [0.5, 0.6) is 0 Å². The normalized spacial score (nSPS) is 12.6. The van der Waals surface area contributed by atoms with Gasteiger partial charge in [0, 0.05) is 10.3 Å². The third-order valence-electron chi connectivity index (χ3n) is 3.30. The molecule has 0 bridgehead atoms. The van der Waals surface area contributed by atoms with Gasteiger partial charge in [-0.05, 0) is 25.0 Å². The topological polar surface area (TPSA) is 55.4 Å². The van der Waals surface area contributed by atoms with E-state index < -0.39 is 16.5 Å². The minimum atomic E-state index is -0.657. The largest absolute Gasteiger partial charge is 0.465 e. The van der Waals surface area contributed by atoms with Crippen LogP contribution in [0, 0.1) is 11.2 Å². The van der Waals surface area contributed by atoms with Gasteiger partial charge >= 0.3 is 5.97 Å². The van der Waals surface area contributed by atoms with Crippen molar-refractivity contribution in [3.05, 3.63) is 23.0 Å². The average molecular weight is 390 g/mol. The highest BCUT2D eigenvalue weighted by Gasteiger charge is 2.24. The molecule has 4 nitrogen and oxygen atoms in total. The second-order valence-corrected chi connectivity index (χ2v) is 8.30. The molecule has 7 heteroatoms. The van der Waals surface area contributed by atoms with Crippen molar-refractivity contribution in [1.29, 1.82) is 0 Å². The molecule has 0 spiro atoms. The summed E-state index contributed by atoms with van der Waals surface area (Å²) in [6.07, 6.45) is 1.29. The quantitative estimate of drug-likeness (QED) is 0.508. The van der Waals surface area contributed by atoms with E-state index in [2.05, 4.69) is 5.32 Å². The van der Waals surface area contributed by atoms with Crippen LogP contribution in [0.3, 0.4) is 0 Å². The fraction of sp³-hybridized carbons (Fsp3) is 0.556. The molecule has 1 aromatic carbocycles. The number of ether oxygens (including phenoxy) is 1. The molecular formula is C18H25ClFNO3S. The van der Waals surface area contributed by atoms with Crippen molar-refractivity contribution < 1.29 is 18.7 Å². The molecule has 1 unspecified atom stereocenters. The molecule has 0 fully saturated rings. The maximum atomic E-state index is 14.1. The summed E-state index contributed by atoms with van der Waals surface area (Å²) in [4.78, 5) is 24.7. The first-order valence-electron chi connectivity index (χ1n) is 8.23. The number of amides is 1. The lowest BCUT2D eigenvalue weighted by Gasteiger charge is -2.19. The zero-order valence-corrected chi connectivity index (χ0v) is 16.8. The van der Waals surface area contributed by atoms with Gasteiger partial charge in [0.2, 0.25) is 5.91 Å². The highest BCUT2D eigenvalue weighted by Crippen LogP contribution is 2.36. The van der Waals surface area contributed by atoms with Crippen molar-refractivity contribution in [3.63, 3.8) is 0 Å². The fourth-order valence-electron chi connectivity index (χ4n) is 1.77. The van der Waals surface area contributed by atoms with Gasteiger partial charge in [0.1, 0.15) is 11.1 Å². The lowest BCUT2D eigenvalue weighted by molar-refractivity contribution is -0.143. The standard InChI is InChI=1S/C18H25ClFNO3S/c1-6-8-24-16(22)14(7-2)25-15-10-13(12(20)9-11(15)19)21-17(23)18(3,4)5/h9-10,14H,6-8H2,1-5H3,(H,21,23). The molecule has 1 rings (SSSR count). The lowest BCUT2D eigenvalue weighted by Crippen LogP contribution is -2.28. The van der Waals surface area contributed by atoms with Gasteiger partial charge in [-0.3, -0.25) is 9.59 Å². The zero-order valence-electron chi connectivity index (χ0n) is 15.2. The minimum absolute atomic E-state index is 0.0450. The third-order valence-corrected chi connectivity index (χ3v) is 5.13. The first-order valence-corrected chi connectivity index (χ1v) is 9.49. The number of benzene rings is 1. The maximum absolute atomic E-state index is 14.1. The summed E-state index contributed by atoms with van der Waals surface area (Å²) in [5.74, 6) is -1.25. The van der Waals surface area contributed by atoms with E-state index >= 15 is 0 Å². The van der Waals surface area contributed by atoms with Gasteiger partial charge in [-0.15, -0.1) is 11.8 Å². The molecule has 1 atom stereocenters. The molecular weight excluding hydrogens is 365 g/mol. The van der Waals surface area contributed by atoms with E-state index in [0.29, 0.717) is 17.9 Å². The average Bonchev–Trinajstić information content (AvgIpc) is 2.52. The summed E-state index contributed by atoms with van der Waals surface area (Å²) in [5.41, 5.74) is -0.612. The number of hydrogen-bond acceptors (Lipinski definition) is 4. The number of nitrogens with one attached hydrogen (secondary N) is 1. The Labute approximate surface area is 157 Å². The van der Waals surface area contributed by atoms with Crippen molar-refractivity contribution in [3.8, 4) is 0 Å². The van der Waals surface area contributed by atoms with Crippen molar-refractivity contribution >= 4 is 40.9 Å². The molecule has 0 aliphatic rings. The van der Waals surface area contributed by atoms with Gasteiger partial charge in [0.05, 0.1) is 17.3 Å². The first kappa shape index (κ1) is 21.8. The van der Waals surface area contributed by atoms with Crippen molar-refractivity contribution in [2.75, 3.05) is 11.9 Å². The summed E-state index contributed by atoms with van der Waals surface area (Å²) in [6, 6.07) is 2.61. The molecule has 1 N–H and O–H groups in total. The van der Waals surface area contributed by atoms with E-state index in [-0.39, 0.29) is 22.6 Å². The molecule has 0 saturated heterocycles. The van der Waals surface area contributed by atoms with E-state index in [0.717, 1.165) is 12.5 Å². The Hall–Kier alpha value is -1.27. The van der Waals surface area contributed by atoms with Gasteiger partial charge in [-0.25, -0.2) is 4.39 Å². The SMILES string of the molecule is CCCOC(=O)C(CC)Sc1cc(NC(=O)C(C)(C)C)c(F)cc1Cl. The Kier molecular flexibility index (Phi) is 8.22. The van der Waals surface area contributed by atoms with Crippen LogP contribution >= 0.6 is 23.4 Å². The predicted octanol–water partition coefficient (Wildman–Crippen LogP) is 5.29. The van der Waals surface area contributed by atoms with Gasteiger partial charge < -0.3 is 10.1 Å². The lowest BCUT2D eigenvalue weighted by atomic mass is 9.95. The monoisotopic (exact) mass is 389 g/mol. The molecule has 0 aliphatic carbocycles. The van der Waals surface area contributed by atoms with Gasteiger partial charge in [0.25, 0.3) is 0 Å². The summed E-state index contributed by atoms with van der Waals surface area (Å²) < 4.78 is 19.3. The first-order chi connectivity index (χ1) is 11.6. The van der Waals surface area contributed by atoms with Gasteiger partial charge in [0.15, 0.2) is 0 Å². The number of thioether (sulfide) groups is 1. The highest BCUT2D eigenvalue weighted by molar-refractivity contribution is 8.00. The number of halogens is 2. The Bertz CT molecular complexity index is 631. The van der Waals surface area contributed by atoms with Crippen LogP contribution in [0.1, 0.15) is 47.5 Å². The Balaban J connectivity index is 3.01. The molecule has 25 heavy (non-hydrogen) atoms. The van der Waals surface area contributed by atoms with E-state index in [1.807, 2.05) is 13.8 Å². The van der Waals surface area contributed by atoms with E-state index in [4.69, 9.17) is 16.3 Å². The summed E-state index contributed by atoms with van der Waals surface area (Å²) in [5, 5.41) is 2.32. The second-order valence-electron chi connectivity index (χ2n) is 6.65. The number of hydrogen-bond donors (Lipinski definition) is 1. The summed E-state index contributed by atoms with van der Waals surface area (Å²) in [7, 11) is 0. The molecule has 0 saturated carbocycles. The van der Waals surface area contributed by atoms with Crippen LogP contribution in [0.15, 0.2) is 17.0 Å². The van der Waals surface area contributed by atoms with Crippen LogP contribution in [-0.2, 0) is 14.3 Å². The molecule has 0 aromatic heterocycles. The van der Waals surface area contributed by atoms with E-state index in [1.165, 1.54) is 17.8 Å². The number of carbonyl (C=O) groups excluding carboxylic acids is 2. The number of carbonyl (C=O) groups is 2. The zero-order chi connectivity index (χ0) is 19.2. The molecule has 1 amide bonds. The summed E-state index contributed by atoms with van der Waals surface area (Å²) in [6.45, 7) is 9.36. The van der Waals surface area contributed by atoms with E-state index in [9.17, 15) is 14.0 Å². The Morgan fingerprint density at radius 3 is 2.48 bits per heavy atom. The maximum Gasteiger partial charge on any atom is 0.319 e. The number of esters is 1.